The van der Waals surface area contributed by atoms with E-state index in [2.05, 4.69) is 24.3 Å². The number of hydrogen-bond acceptors (Lipinski definition) is 6. The van der Waals surface area contributed by atoms with Gasteiger partial charge in [-0.2, -0.15) is 0 Å². The standard InChI is InChI=1S/C34H40N2O5/c35-31(24-33(37)40-23-19-32(29-12-6-2-7-13-29)30-14-8-3-9-15-30)26-39-22-18-27-16-20-36(21-17-27)34(38)41-25-28-10-4-1-5-11-28/h1-15,24,27,32H,16-23,25-26,35H2. The normalized spacial score (nSPS) is 14.2. The summed E-state index contributed by atoms with van der Waals surface area (Å²) in [6.07, 6.45) is 4.42. The molecule has 3 aromatic rings. The molecule has 1 fully saturated rings. The molecule has 7 heteroatoms. The minimum Gasteiger partial charge on any atom is -0.462 e. The Bertz CT molecular complexity index is 1190. The Morgan fingerprint density at radius 1 is 0.829 bits per heavy atom. The lowest BCUT2D eigenvalue weighted by Crippen LogP contribution is -2.39. The Labute approximate surface area is 242 Å². The smallest absolute Gasteiger partial charge is 0.410 e. The number of nitrogens with zero attached hydrogens (tertiary/aromatic N) is 1. The van der Waals surface area contributed by atoms with Gasteiger partial charge in [-0.1, -0.05) is 91.0 Å². The van der Waals surface area contributed by atoms with Crippen molar-refractivity contribution >= 4 is 12.1 Å². The topological polar surface area (TPSA) is 91.1 Å². The highest BCUT2D eigenvalue weighted by Crippen LogP contribution is 2.28. The maximum absolute atomic E-state index is 12.4. The lowest BCUT2D eigenvalue weighted by molar-refractivity contribution is -0.138. The summed E-state index contributed by atoms with van der Waals surface area (Å²) in [6.45, 7) is 2.66. The summed E-state index contributed by atoms with van der Waals surface area (Å²) in [5, 5.41) is 0. The van der Waals surface area contributed by atoms with Crippen LogP contribution < -0.4 is 5.73 Å². The van der Waals surface area contributed by atoms with Gasteiger partial charge in [-0.3, -0.25) is 0 Å². The summed E-state index contributed by atoms with van der Waals surface area (Å²) < 4.78 is 16.6. The molecule has 0 unspecified atom stereocenters. The Hall–Kier alpha value is -4.10. The summed E-state index contributed by atoms with van der Waals surface area (Å²) >= 11 is 0. The molecule has 1 saturated heterocycles. The maximum Gasteiger partial charge on any atom is 0.410 e. The average molecular weight is 557 g/mol. The van der Waals surface area contributed by atoms with Crippen LogP contribution in [0.1, 0.15) is 48.3 Å². The van der Waals surface area contributed by atoms with Crippen molar-refractivity contribution in [2.45, 2.75) is 38.2 Å². The second-order valence-corrected chi connectivity index (χ2v) is 10.4. The van der Waals surface area contributed by atoms with Crippen molar-refractivity contribution in [3.63, 3.8) is 0 Å². The molecule has 216 valence electrons. The van der Waals surface area contributed by atoms with E-state index < -0.39 is 5.97 Å². The molecule has 41 heavy (non-hydrogen) atoms. The van der Waals surface area contributed by atoms with Crippen LogP contribution in [0.2, 0.25) is 0 Å². The van der Waals surface area contributed by atoms with Gasteiger partial charge < -0.3 is 24.8 Å². The first-order chi connectivity index (χ1) is 20.1. The van der Waals surface area contributed by atoms with E-state index in [-0.39, 0.29) is 31.8 Å². The third-order valence-corrected chi connectivity index (χ3v) is 7.38. The lowest BCUT2D eigenvalue weighted by Gasteiger charge is -2.31. The predicted octanol–water partition coefficient (Wildman–Crippen LogP) is 6.05. The predicted molar refractivity (Wildman–Crippen MR) is 159 cm³/mol. The fraction of sp³-hybridized carbons (Fsp3) is 0.353. The molecular weight excluding hydrogens is 516 g/mol. The molecule has 0 spiro atoms. The van der Waals surface area contributed by atoms with Gasteiger partial charge in [-0.05, 0) is 48.3 Å². The van der Waals surface area contributed by atoms with E-state index in [1.807, 2.05) is 66.7 Å². The zero-order valence-electron chi connectivity index (χ0n) is 23.5. The summed E-state index contributed by atoms with van der Waals surface area (Å²) in [5.74, 6) is 0.157. The van der Waals surface area contributed by atoms with Crippen molar-refractivity contribution in [2.75, 3.05) is 32.9 Å². The average Bonchev–Trinajstić information content (AvgIpc) is 3.02. The van der Waals surface area contributed by atoms with Gasteiger partial charge >= 0.3 is 12.1 Å². The third-order valence-electron chi connectivity index (χ3n) is 7.38. The number of carbonyl (C=O) groups is 2. The third kappa shape index (κ3) is 10.1. The SMILES string of the molecule is NC(=CC(=O)OCCC(c1ccccc1)c1ccccc1)COCCC1CCN(C(=O)OCc2ccccc2)CC1. The summed E-state index contributed by atoms with van der Waals surface area (Å²) in [4.78, 5) is 26.4. The van der Waals surface area contributed by atoms with Crippen molar-refractivity contribution in [2.24, 2.45) is 11.7 Å². The molecule has 3 aromatic carbocycles. The van der Waals surface area contributed by atoms with E-state index in [1.165, 1.54) is 17.2 Å². The van der Waals surface area contributed by atoms with Gasteiger partial charge in [0.05, 0.1) is 13.2 Å². The van der Waals surface area contributed by atoms with Crippen LogP contribution in [0.25, 0.3) is 0 Å². The molecule has 4 rings (SSSR count). The quantitative estimate of drug-likeness (QED) is 0.157. The molecule has 2 N–H and O–H groups in total. The highest BCUT2D eigenvalue weighted by Gasteiger charge is 2.23. The van der Waals surface area contributed by atoms with Crippen LogP contribution >= 0.6 is 0 Å². The van der Waals surface area contributed by atoms with Gasteiger partial charge in [0.1, 0.15) is 6.61 Å². The minimum absolute atomic E-state index is 0.140. The van der Waals surface area contributed by atoms with Gasteiger partial charge in [0, 0.05) is 37.4 Å². The van der Waals surface area contributed by atoms with Crippen LogP contribution in [0.5, 0.6) is 0 Å². The van der Waals surface area contributed by atoms with Crippen LogP contribution in [-0.2, 0) is 25.6 Å². The van der Waals surface area contributed by atoms with E-state index >= 15 is 0 Å². The van der Waals surface area contributed by atoms with Crippen molar-refractivity contribution in [3.8, 4) is 0 Å². The number of likely N-dealkylation sites (tertiary alicyclic amines) is 1. The molecule has 0 aliphatic carbocycles. The molecule has 1 aliphatic rings. The number of carbonyl (C=O) groups excluding carboxylic acids is 2. The number of esters is 1. The van der Waals surface area contributed by atoms with Gasteiger partial charge in [0.2, 0.25) is 0 Å². The number of amides is 1. The number of nitrogens with two attached hydrogens (primary N) is 1. The Morgan fingerprint density at radius 2 is 1.41 bits per heavy atom. The number of piperidine rings is 1. The Balaban J connectivity index is 1.09. The second kappa shape index (κ2) is 16.2. The van der Waals surface area contributed by atoms with E-state index in [9.17, 15) is 9.59 Å². The number of benzene rings is 3. The first kappa shape index (κ1) is 29.9. The summed E-state index contributed by atoms with van der Waals surface area (Å²) in [5.41, 5.74) is 9.70. The monoisotopic (exact) mass is 556 g/mol. The van der Waals surface area contributed by atoms with Crippen molar-refractivity contribution < 1.29 is 23.8 Å². The van der Waals surface area contributed by atoms with Crippen LogP contribution in [0.4, 0.5) is 4.79 Å². The first-order valence-electron chi connectivity index (χ1n) is 14.3. The van der Waals surface area contributed by atoms with Crippen LogP contribution in [0.3, 0.4) is 0 Å². The molecule has 1 heterocycles. The molecule has 0 saturated carbocycles. The summed E-state index contributed by atoms with van der Waals surface area (Å²) in [6, 6.07) is 30.2. The van der Waals surface area contributed by atoms with Crippen molar-refractivity contribution in [1.82, 2.24) is 4.90 Å². The van der Waals surface area contributed by atoms with Gasteiger partial charge in [-0.15, -0.1) is 0 Å². The molecule has 0 aromatic heterocycles. The maximum atomic E-state index is 12.4. The summed E-state index contributed by atoms with van der Waals surface area (Å²) in [7, 11) is 0. The fourth-order valence-electron chi connectivity index (χ4n) is 5.06. The minimum atomic E-state index is -0.461. The van der Waals surface area contributed by atoms with Crippen molar-refractivity contribution in [3.05, 3.63) is 119 Å². The number of rotatable bonds is 13. The molecular formula is C34H40N2O5. The van der Waals surface area contributed by atoms with Gasteiger partial charge in [0.15, 0.2) is 0 Å². The first-order valence-corrected chi connectivity index (χ1v) is 14.3. The van der Waals surface area contributed by atoms with Gasteiger partial charge in [-0.25, -0.2) is 9.59 Å². The molecule has 1 aliphatic heterocycles. The van der Waals surface area contributed by atoms with E-state index in [0.717, 1.165) is 24.8 Å². The molecule has 0 atom stereocenters. The van der Waals surface area contributed by atoms with E-state index in [4.69, 9.17) is 19.9 Å². The van der Waals surface area contributed by atoms with E-state index in [0.29, 0.717) is 37.7 Å². The largest absolute Gasteiger partial charge is 0.462 e. The molecule has 1 amide bonds. The molecule has 0 bridgehead atoms. The number of ether oxygens (including phenoxy) is 3. The number of hydrogen-bond donors (Lipinski definition) is 1. The van der Waals surface area contributed by atoms with Gasteiger partial charge in [0.25, 0.3) is 0 Å². The van der Waals surface area contributed by atoms with Crippen LogP contribution in [0.15, 0.2) is 103 Å². The fourth-order valence-corrected chi connectivity index (χ4v) is 5.06. The second-order valence-electron chi connectivity index (χ2n) is 10.4. The lowest BCUT2D eigenvalue weighted by atomic mass is 9.89. The zero-order chi connectivity index (χ0) is 28.7. The Morgan fingerprint density at radius 3 is 2.02 bits per heavy atom. The van der Waals surface area contributed by atoms with Crippen molar-refractivity contribution in [1.29, 1.82) is 0 Å². The zero-order valence-corrected chi connectivity index (χ0v) is 23.5. The Kier molecular flexibility index (Phi) is 11.8. The highest BCUT2D eigenvalue weighted by atomic mass is 16.6. The molecule has 7 nitrogen and oxygen atoms in total. The van der Waals surface area contributed by atoms with Crippen LogP contribution in [-0.4, -0.2) is 49.9 Å². The highest BCUT2D eigenvalue weighted by molar-refractivity contribution is 5.82. The van der Waals surface area contributed by atoms with E-state index in [1.54, 1.807) is 4.90 Å². The molecule has 0 radical (unpaired) electrons. The van der Waals surface area contributed by atoms with Crippen LogP contribution in [0, 0.1) is 5.92 Å².